The van der Waals surface area contributed by atoms with Gasteiger partial charge in [-0.3, -0.25) is 4.72 Å². The number of nitrogens with zero attached hydrogens (tertiary/aromatic N) is 3. The van der Waals surface area contributed by atoms with Crippen molar-refractivity contribution in [1.29, 1.82) is 0 Å². The Morgan fingerprint density at radius 1 is 1.10 bits per heavy atom. The van der Waals surface area contributed by atoms with Crippen molar-refractivity contribution in [3.63, 3.8) is 0 Å². The lowest BCUT2D eigenvalue weighted by molar-refractivity contribution is 0.104. The molecule has 0 aliphatic heterocycles. The molecule has 148 valence electrons. The number of H-pyrrole nitrogens is 1. The number of aromatic amines is 1. The number of tetrazole rings is 1. The predicted octanol–water partition coefficient (Wildman–Crippen LogP) is 2.99. The number of hydrogen-bond donors (Lipinski definition) is 2. The summed E-state index contributed by atoms with van der Waals surface area (Å²) < 4.78 is 34.5. The van der Waals surface area contributed by atoms with Crippen LogP contribution in [-0.2, 0) is 14.8 Å². The van der Waals surface area contributed by atoms with E-state index in [2.05, 4.69) is 25.3 Å². The van der Waals surface area contributed by atoms with Crippen molar-refractivity contribution in [2.75, 3.05) is 11.8 Å². The minimum Gasteiger partial charge on any atom is -0.357 e. The predicted molar refractivity (Wildman–Crippen MR) is 110 cm³/mol. The monoisotopic (exact) mass is 409 g/mol. The normalized spacial score (nSPS) is 19.0. The molecule has 1 aliphatic rings. The summed E-state index contributed by atoms with van der Waals surface area (Å²) in [5.41, 5.74) is 2.99. The van der Waals surface area contributed by atoms with Crippen molar-refractivity contribution in [2.24, 2.45) is 0 Å². The highest BCUT2D eigenvalue weighted by molar-refractivity contribution is 7.94. The Morgan fingerprint density at radius 2 is 1.90 bits per heavy atom. The van der Waals surface area contributed by atoms with Gasteiger partial charge in [0.05, 0.1) is 0 Å². The standard InChI is InChI=1S/C20H19N5O3S/c1-28-20(12-10-16(11-13-20)15-6-3-2-4-7-15)29(26,27)23-18-9-5-8-17(14-18)19-21-24-25-22-19/h2-12,14,23H,13H2,1H3,(H,21,22,24,25). The molecule has 29 heavy (non-hydrogen) atoms. The Kier molecular flexibility index (Phi) is 4.99. The number of benzene rings is 2. The van der Waals surface area contributed by atoms with Crippen molar-refractivity contribution >= 4 is 21.3 Å². The van der Waals surface area contributed by atoms with Gasteiger partial charge in [-0.25, -0.2) is 8.42 Å². The molecule has 1 unspecified atom stereocenters. The zero-order valence-electron chi connectivity index (χ0n) is 15.6. The third-order valence-corrected chi connectivity index (χ3v) is 6.63. The van der Waals surface area contributed by atoms with E-state index < -0.39 is 15.0 Å². The van der Waals surface area contributed by atoms with Crippen LogP contribution in [-0.4, -0.2) is 41.1 Å². The molecule has 1 aromatic heterocycles. The van der Waals surface area contributed by atoms with Crippen LogP contribution in [0.4, 0.5) is 5.69 Å². The quantitative estimate of drug-likeness (QED) is 0.648. The number of aromatic nitrogens is 4. The summed E-state index contributed by atoms with van der Waals surface area (Å²) in [5.74, 6) is 0.375. The maximum absolute atomic E-state index is 13.2. The summed E-state index contributed by atoms with van der Waals surface area (Å²) >= 11 is 0. The van der Waals surface area contributed by atoms with E-state index in [1.165, 1.54) is 7.11 Å². The maximum Gasteiger partial charge on any atom is 0.267 e. The number of anilines is 1. The van der Waals surface area contributed by atoms with Crippen molar-refractivity contribution < 1.29 is 13.2 Å². The second-order valence-electron chi connectivity index (χ2n) is 6.50. The highest BCUT2D eigenvalue weighted by Gasteiger charge is 2.42. The topological polar surface area (TPSA) is 110 Å². The van der Waals surface area contributed by atoms with Gasteiger partial charge >= 0.3 is 0 Å². The van der Waals surface area contributed by atoms with Crippen LogP contribution in [0.1, 0.15) is 12.0 Å². The molecule has 8 nitrogen and oxygen atoms in total. The molecule has 0 fully saturated rings. The molecule has 1 aliphatic carbocycles. The molecule has 1 atom stereocenters. The first-order valence-corrected chi connectivity index (χ1v) is 10.4. The van der Waals surface area contributed by atoms with Crippen molar-refractivity contribution in [1.82, 2.24) is 20.6 Å². The number of hydrogen-bond acceptors (Lipinski definition) is 6. The molecule has 3 aromatic rings. The van der Waals surface area contributed by atoms with E-state index in [4.69, 9.17) is 4.74 Å². The van der Waals surface area contributed by atoms with Crippen LogP contribution in [0.3, 0.4) is 0 Å². The number of rotatable bonds is 6. The highest BCUT2D eigenvalue weighted by Crippen LogP contribution is 2.34. The average molecular weight is 409 g/mol. The van der Waals surface area contributed by atoms with Gasteiger partial charge in [-0.1, -0.05) is 54.6 Å². The lowest BCUT2D eigenvalue weighted by Crippen LogP contribution is -2.43. The molecule has 2 N–H and O–H groups in total. The Balaban J connectivity index is 1.59. The summed E-state index contributed by atoms with van der Waals surface area (Å²) in [4.78, 5) is -1.51. The largest absolute Gasteiger partial charge is 0.357 e. The van der Waals surface area contributed by atoms with Crippen LogP contribution in [0.5, 0.6) is 0 Å². The summed E-state index contributed by atoms with van der Waals surface area (Å²) in [6.45, 7) is 0. The van der Waals surface area contributed by atoms with E-state index in [1.807, 2.05) is 36.4 Å². The number of methoxy groups -OCH3 is 1. The Labute approximate surface area is 168 Å². The molecule has 9 heteroatoms. The fraction of sp³-hybridized carbons (Fsp3) is 0.150. The van der Waals surface area contributed by atoms with Gasteiger partial charge in [0, 0.05) is 24.8 Å². The minimum absolute atomic E-state index is 0.185. The number of ether oxygens (including phenoxy) is 1. The van der Waals surface area contributed by atoms with Gasteiger partial charge in [0.25, 0.3) is 10.0 Å². The Hall–Kier alpha value is -3.30. The first kappa shape index (κ1) is 19.0. The fourth-order valence-electron chi connectivity index (χ4n) is 3.16. The molecular formula is C20H19N5O3S. The van der Waals surface area contributed by atoms with E-state index >= 15 is 0 Å². The molecule has 0 spiro atoms. The van der Waals surface area contributed by atoms with Crippen LogP contribution < -0.4 is 4.72 Å². The summed E-state index contributed by atoms with van der Waals surface area (Å²) in [6.07, 6.45) is 5.41. The second kappa shape index (κ2) is 7.61. The van der Waals surface area contributed by atoms with Crippen LogP contribution in [0, 0.1) is 0 Å². The maximum atomic E-state index is 13.2. The first-order chi connectivity index (χ1) is 14.0. The van der Waals surface area contributed by atoms with Crippen molar-refractivity contribution in [2.45, 2.75) is 11.4 Å². The number of nitrogens with one attached hydrogen (secondary N) is 2. The summed E-state index contributed by atoms with van der Waals surface area (Å²) in [7, 11) is -2.52. The SMILES string of the molecule is COC1(S(=O)(=O)Nc2cccc(-c3nn[nH]n3)c2)C=CC(c2ccccc2)=CC1. The molecular weight excluding hydrogens is 390 g/mol. The third kappa shape index (κ3) is 3.69. The fourth-order valence-corrected chi connectivity index (χ4v) is 4.54. The number of sulfonamides is 1. The van der Waals surface area contributed by atoms with Gasteiger partial charge in [0.15, 0.2) is 0 Å². The molecule has 0 radical (unpaired) electrons. The van der Waals surface area contributed by atoms with Gasteiger partial charge < -0.3 is 4.74 Å². The van der Waals surface area contributed by atoms with Crippen LogP contribution in [0.2, 0.25) is 0 Å². The van der Waals surface area contributed by atoms with E-state index in [9.17, 15) is 8.42 Å². The van der Waals surface area contributed by atoms with Crippen LogP contribution in [0.15, 0.2) is 72.8 Å². The zero-order chi connectivity index (χ0) is 20.3. The lowest BCUT2D eigenvalue weighted by atomic mass is 9.98. The molecule has 0 amide bonds. The molecule has 0 saturated carbocycles. The third-order valence-electron chi connectivity index (χ3n) is 4.75. The van der Waals surface area contributed by atoms with Crippen molar-refractivity contribution in [3.05, 3.63) is 78.4 Å². The van der Waals surface area contributed by atoms with E-state index in [1.54, 1.807) is 36.4 Å². The van der Waals surface area contributed by atoms with E-state index in [0.29, 0.717) is 17.1 Å². The Bertz CT molecular complexity index is 1160. The lowest BCUT2D eigenvalue weighted by Gasteiger charge is -2.31. The summed E-state index contributed by atoms with van der Waals surface area (Å²) in [6, 6.07) is 16.6. The van der Waals surface area contributed by atoms with Gasteiger partial charge in [-0.05, 0) is 34.6 Å². The van der Waals surface area contributed by atoms with Gasteiger partial charge in [0.1, 0.15) is 0 Å². The molecule has 1 heterocycles. The molecule has 0 bridgehead atoms. The van der Waals surface area contributed by atoms with Gasteiger partial charge in [-0.2, -0.15) is 5.21 Å². The average Bonchev–Trinajstić information content (AvgIpc) is 3.29. The van der Waals surface area contributed by atoms with Crippen LogP contribution in [0.25, 0.3) is 17.0 Å². The smallest absolute Gasteiger partial charge is 0.267 e. The minimum atomic E-state index is -3.91. The van der Waals surface area contributed by atoms with Gasteiger partial charge in [-0.15, -0.1) is 10.2 Å². The van der Waals surface area contributed by atoms with E-state index in [0.717, 1.165) is 11.1 Å². The molecule has 4 rings (SSSR count). The zero-order valence-corrected chi connectivity index (χ0v) is 16.4. The highest BCUT2D eigenvalue weighted by atomic mass is 32.2. The first-order valence-electron chi connectivity index (χ1n) is 8.89. The second-order valence-corrected chi connectivity index (χ2v) is 8.40. The van der Waals surface area contributed by atoms with E-state index in [-0.39, 0.29) is 6.42 Å². The molecule has 2 aromatic carbocycles. The van der Waals surface area contributed by atoms with Gasteiger partial charge in [0.2, 0.25) is 10.8 Å². The summed E-state index contributed by atoms with van der Waals surface area (Å²) in [5, 5.41) is 13.7. The number of allylic oxidation sites excluding steroid dienone is 2. The van der Waals surface area contributed by atoms with Crippen molar-refractivity contribution in [3.8, 4) is 11.4 Å². The Morgan fingerprint density at radius 3 is 2.55 bits per heavy atom. The van der Waals surface area contributed by atoms with Crippen LogP contribution >= 0.6 is 0 Å². The molecule has 0 saturated heterocycles.